The lowest BCUT2D eigenvalue weighted by atomic mass is 9.93. The molecule has 120 valence electrons. The number of hydrogen-bond acceptors (Lipinski definition) is 2. The first kappa shape index (κ1) is 18.0. The van der Waals surface area contributed by atoms with Gasteiger partial charge in [-0.25, -0.2) is 0 Å². The molecule has 0 aliphatic carbocycles. The summed E-state index contributed by atoms with van der Waals surface area (Å²) in [6, 6.07) is 0.545. The highest BCUT2D eigenvalue weighted by atomic mass is 16.3. The molecule has 0 radical (unpaired) electrons. The molecule has 1 rings (SSSR count). The van der Waals surface area contributed by atoms with Gasteiger partial charge in [-0.3, -0.25) is 0 Å². The standard InChI is InChI=1S/C18H37NO/c1-4-5-6-7-8-9-10-11-12-13-14-18(20)15-17(2)19(3)16-18/h17,20H,4-16H2,1-3H3. The molecule has 0 bridgehead atoms. The van der Waals surface area contributed by atoms with Crippen LogP contribution in [-0.4, -0.2) is 35.2 Å². The molecular formula is C18H37NO. The molecule has 0 aromatic carbocycles. The first-order chi connectivity index (χ1) is 9.57. The Morgan fingerprint density at radius 2 is 1.45 bits per heavy atom. The minimum Gasteiger partial charge on any atom is -0.388 e. The molecular weight excluding hydrogens is 246 g/mol. The molecule has 0 aromatic rings. The summed E-state index contributed by atoms with van der Waals surface area (Å²) in [5.74, 6) is 0. The van der Waals surface area contributed by atoms with Crippen molar-refractivity contribution in [3.63, 3.8) is 0 Å². The van der Waals surface area contributed by atoms with Crippen molar-refractivity contribution >= 4 is 0 Å². The van der Waals surface area contributed by atoms with E-state index < -0.39 is 5.60 Å². The molecule has 1 heterocycles. The summed E-state index contributed by atoms with van der Waals surface area (Å²) in [6.45, 7) is 5.36. The Morgan fingerprint density at radius 1 is 0.950 bits per heavy atom. The molecule has 2 nitrogen and oxygen atoms in total. The normalized spacial score (nSPS) is 27.3. The minimum atomic E-state index is -0.395. The zero-order valence-electron chi connectivity index (χ0n) is 14.2. The van der Waals surface area contributed by atoms with Crippen LogP contribution >= 0.6 is 0 Å². The van der Waals surface area contributed by atoms with Gasteiger partial charge in [0.05, 0.1) is 5.60 Å². The average Bonchev–Trinajstić information content (AvgIpc) is 2.66. The Bertz CT molecular complexity index is 232. The van der Waals surface area contributed by atoms with E-state index in [1.54, 1.807) is 0 Å². The monoisotopic (exact) mass is 283 g/mol. The van der Waals surface area contributed by atoms with Crippen molar-refractivity contribution in [1.29, 1.82) is 0 Å². The van der Waals surface area contributed by atoms with E-state index in [1.165, 1.54) is 64.2 Å². The highest BCUT2D eigenvalue weighted by Gasteiger charge is 2.37. The van der Waals surface area contributed by atoms with Crippen LogP contribution in [0.4, 0.5) is 0 Å². The van der Waals surface area contributed by atoms with E-state index in [9.17, 15) is 5.11 Å². The van der Waals surface area contributed by atoms with Crippen molar-refractivity contribution in [2.24, 2.45) is 0 Å². The largest absolute Gasteiger partial charge is 0.388 e. The van der Waals surface area contributed by atoms with Gasteiger partial charge >= 0.3 is 0 Å². The second-order valence-electron chi connectivity index (χ2n) is 7.12. The van der Waals surface area contributed by atoms with Crippen molar-refractivity contribution in [2.75, 3.05) is 13.6 Å². The second kappa shape index (κ2) is 9.78. The van der Waals surface area contributed by atoms with Crippen LogP contribution in [-0.2, 0) is 0 Å². The summed E-state index contributed by atoms with van der Waals surface area (Å²) in [5, 5.41) is 10.5. The van der Waals surface area contributed by atoms with Crippen molar-refractivity contribution < 1.29 is 5.11 Å². The number of unbranched alkanes of at least 4 members (excludes halogenated alkanes) is 9. The average molecular weight is 284 g/mol. The van der Waals surface area contributed by atoms with Crippen LogP contribution in [0.15, 0.2) is 0 Å². The van der Waals surface area contributed by atoms with Crippen molar-refractivity contribution in [2.45, 2.75) is 103 Å². The van der Waals surface area contributed by atoms with E-state index in [4.69, 9.17) is 0 Å². The molecule has 2 heteroatoms. The Balaban J connectivity index is 1.90. The number of rotatable bonds is 11. The predicted molar refractivity (Wildman–Crippen MR) is 88.1 cm³/mol. The van der Waals surface area contributed by atoms with E-state index >= 15 is 0 Å². The van der Waals surface area contributed by atoms with Crippen molar-refractivity contribution in [3.8, 4) is 0 Å². The molecule has 2 atom stereocenters. The summed E-state index contributed by atoms with van der Waals surface area (Å²) in [4.78, 5) is 2.29. The number of likely N-dealkylation sites (tertiary alicyclic amines) is 1. The highest BCUT2D eigenvalue weighted by molar-refractivity contribution is 4.93. The van der Waals surface area contributed by atoms with Crippen LogP contribution in [0.5, 0.6) is 0 Å². The summed E-state index contributed by atoms with van der Waals surface area (Å²) in [6.07, 6.45) is 15.6. The van der Waals surface area contributed by atoms with Gasteiger partial charge in [-0.15, -0.1) is 0 Å². The zero-order valence-corrected chi connectivity index (χ0v) is 14.2. The second-order valence-corrected chi connectivity index (χ2v) is 7.12. The van der Waals surface area contributed by atoms with Crippen LogP contribution in [0.1, 0.15) is 90.9 Å². The SMILES string of the molecule is CCCCCCCCCCCCC1(O)CC(C)N(C)C1. The van der Waals surface area contributed by atoms with Gasteiger partial charge in [0.1, 0.15) is 0 Å². The molecule has 1 N–H and O–H groups in total. The number of nitrogens with zero attached hydrogens (tertiary/aromatic N) is 1. The lowest BCUT2D eigenvalue weighted by molar-refractivity contribution is 0.0401. The van der Waals surface area contributed by atoms with Crippen LogP contribution < -0.4 is 0 Å². The van der Waals surface area contributed by atoms with Gasteiger partial charge in [0.2, 0.25) is 0 Å². The third-order valence-corrected chi connectivity index (χ3v) is 4.97. The third-order valence-electron chi connectivity index (χ3n) is 4.97. The highest BCUT2D eigenvalue weighted by Crippen LogP contribution is 2.30. The van der Waals surface area contributed by atoms with Crippen LogP contribution in [0, 0.1) is 0 Å². The fourth-order valence-corrected chi connectivity index (χ4v) is 3.51. The van der Waals surface area contributed by atoms with Gasteiger partial charge in [0.15, 0.2) is 0 Å². The topological polar surface area (TPSA) is 23.5 Å². The molecule has 1 aliphatic heterocycles. The molecule has 0 saturated carbocycles. The van der Waals surface area contributed by atoms with E-state index in [0.29, 0.717) is 6.04 Å². The Morgan fingerprint density at radius 3 is 1.90 bits per heavy atom. The van der Waals surface area contributed by atoms with Gasteiger partial charge in [-0.1, -0.05) is 71.1 Å². The van der Waals surface area contributed by atoms with Gasteiger partial charge in [0, 0.05) is 12.6 Å². The van der Waals surface area contributed by atoms with E-state index in [-0.39, 0.29) is 0 Å². The molecule has 1 aliphatic rings. The Hall–Kier alpha value is -0.0800. The number of aliphatic hydroxyl groups is 1. The maximum absolute atomic E-state index is 10.5. The summed E-state index contributed by atoms with van der Waals surface area (Å²) in [7, 11) is 2.13. The smallest absolute Gasteiger partial charge is 0.0788 e. The van der Waals surface area contributed by atoms with Gasteiger partial charge in [-0.05, 0) is 26.8 Å². The van der Waals surface area contributed by atoms with Crippen LogP contribution in [0.2, 0.25) is 0 Å². The first-order valence-corrected chi connectivity index (χ1v) is 9.00. The fraction of sp³-hybridized carbons (Fsp3) is 1.00. The van der Waals surface area contributed by atoms with Gasteiger partial charge in [0.25, 0.3) is 0 Å². The van der Waals surface area contributed by atoms with Crippen LogP contribution in [0.3, 0.4) is 0 Å². The number of hydrogen-bond donors (Lipinski definition) is 1. The summed E-state index contributed by atoms with van der Waals surface area (Å²) < 4.78 is 0. The van der Waals surface area contributed by atoms with E-state index in [2.05, 4.69) is 25.8 Å². The maximum Gasteiger partial charge on any atom is 0.0788 e. The number of likely N-dealkylation sites (N-methyl/N-ethyl adjacent to an activating group) is 1. The maximum atomic E-state index is 10.5. The van der Waals surface area contributed by atoms with E-state index in [1.807, 2.05) is 0 Å². The quantitative estimate of drug-likeness (QED) is 0.553. The third kappa shape index (κ3) is 7.08. The molecule has 1 saturated heterocycles. The Labute approximate surface area is 126 Å². The van der Waals surface area contributed by atoms with Gasteiger partial charge < -0.3 is 10.0 Å². The fourth-order valence-electron chi connectivity index (χ4n) is 3.51. The minimum absolute atomic E-state index is 0.395. The van der Waals surface area contributed by atoms with Crippen molar-refractivity contribution in [1.82, 2.24) is 4.90 Å². The molecule has 0 amide bonds. The number of β-amino-alcohol motifs (C(OH)–C–C–N with tert-alkyl or cyclic N) is 1. The molecule has 20 heavy (non-hydrogen) atoms. The van der Waals surface area contributed by atoms with Crippen molar-refractivity contribution in [3.05, 3.63) is 0 Å². The molecule has 1 fully saturated rings. The van der Waals surface area contributed by atoms with Gasteiger partial charge in [-0.2, -0.15) is 0 Å². The molecule has 2 unspecified atom stereocenters. The Kier molecular flexibility index (Phi) is 8.79. The molecule has 0 aromatic heterocycles. The zero-order chi connectivity index (χ0) is 14.8. The summed E-state index contributed by atoms with van der Waals surface area (Å²) >= 11 is 0. The lowest BCUT2D eigenvalue weighted by Gasteiger charge is -2.22. The predicted octanol–water partition coefficient (Wildman–Crippen LogP) is 4.75. The first-order valence-electron chi connectivity index (χ1n) is 9.00. The summed E-state index contributed by atoms with van der Waals surface area (Å²) in [5.41, 5.74) is -0.395. The van der Waals surface area contributed by atoms with E-state index in [0.717, 1.165) is 19.4 Å². The molecule has 0 spiro atoms. The van der Waals surface area contributed by atoms with Crippen LogP contribution in [0.25, 0.3) is 0 Å². The lowest BCUT2D eigenvalue weighted by Crippen LogP contribution is -2.31.